The number of carbonyl (C=O) groups is 1. The SMILES string of the molecule is CS(=O)(=O)N1CCc2ccc(NC(=O)Cc3ccccc3F)cc2C1. The van der Waals surface area contributed by atoms with Crippen molar-refractivity contribution in [2.45, 2.75) is 19.4 Å². The largest absolute Gasteiger partial charge is 0.326 e. The topological polar surface area (TPSA) is 66.5 Å². The molecular weight excluding hydrogens is 343 g/mol. The highest BCUT2D eigenvalue weighted by Crippen LogP contribution is 2.24. The number of benzene rings is 2. The molecule has 1 amide bonds. The van der Waals surface area contributed by atoms with Crippen LogP contribution in [0.25, 0.3) is 0 Å². The lowest BCUT2D eigenvalue weighted by atomic mass is 10.0. The summed E-state index contributed by atoms with van der Waals surface area (Å²) in [4.78, 5) is 12.1. The lowest BCUT2D eigenvalue weighted by Gasteiger charge is -2.27. The van der Waals surface area contributed by atoms with E-state index in [0.717, 1.165) is 11.1 Å². The number of halogens is 1. The quantitative estimate of drug-likeness (QED) is 0.908. The highest BCUT2D eigenvalue weighted by Gasteiger charge is 2.23. The third-order valence-corrected chi connectivity index (χ3v) is 5.49. The van der Waals surface area contributed by atoms with Gasteiger partial charge in [-0.1, -0.05) is 24.3 Å². The summed E-state index contributed by atoms with van der Waals surface area (Å²) in [5, 5.41) is 2.75. The number of fused-ring (bicyclic) bond motifs is 1. The monoisotopic (exact) mass is 362 g/mol. The Morgan fingerprint density at radius 3 is 2.68 bits per heavy atom. The summed E-state index contributed by atoms with van der Waals surface area (Å²) in [6.07, 6.45) is 1.78. The van der Waals surface area contributed by atoms with E-state index < -0.39 is 15.8 Å². The molecule has 1 aliphatic rings. The van der Waals surface area contributed by atoms with Gasteiger partial charge in [-0.05, 0) is 41.3 Å². The normalized spacial score (nSPS) is 14.8. The molecule has 0 unspecified atom stereocenters. The Hall–Kier alpha value is -2.25. The third-order valence-electron chi connectivity index (χ3n) is 4.25. The maximum Gasteiger partial charge on any atom is 0.228 e. The van der Waals surface area contributed by atoms with Crippen molar-refractivity contribution >= 4 is 21.6 Å². The highest BCUT2D eigenvalue weighted by atomic mass is 32.2. The van der Waals surface area contributed by atoms with E-state index >= 15 is 0 Å². The van der Waals surface area contributed by atoms with E-state index in [9.17, 15) is 17.6 Å². The number of nitrogens with zero attached hydrogens (tertiary/aromatic N) is 1. The molecule has 0 fully saturated rings. The predicted molar refractivity (Wildman–Crippen MR) is 94.1 cm³/mol. The maximum absolute atomic E-state index is 13.6. The molecule has 0 aliphatic carbocycles. The number of amides is 1. The summed E-state index contributed by atoms with van der Waals surface area (Å²) < 4.78 is 38.5. The standard InChI is InChI=1S/C18H19FN2O3S/c1-25(23,24)21-9-8-13-6-7-16(10-15(13)12-21)20-18(22)11-14-4-2-3-5-17(14)19/h2-7,10H,8-9,11-12H2,1H3,(H,20,22). The van der Waals surface area contributed by atoms with Crippen molar-refractivity contribution in [2.24, 2.45) is 0 Å². The Morgan fingerprint density at radius 1 is 1.20 bits per heavy atom. The number of sulfonamides is 1. The summed E-state index contributed by atoms with van der Waals surface area (Å²) in [5.74, 6) is -0.729. The van der Waals surface area contributed by atoms with Crippen molar-refractivity contribution in [3.8, 4) is 0 Å². The Morgan fingerprint density at radius 2 is 1.96 bits per heavy atom. The first-order valence-electron chi connectivity index (χ1n) is 7.93. The molecule has 0 atom stereocenters. The van der Waals surface area contributed by atoms with Gasteiger partial charge in [0, 0.05) is 18.8 Å². The molecule has 1 heterocycles. The van der Waals surface area contributed by atoms with Crippen molar-refractivity contribution in [1.29, 1.82) is 0 Å². The van der Waals surface area contributed by atoms with E-state index in [1.54, 1.807) is 30.3 Å². The van der Waals surface area contributed by atoms with Crippen LogP contribution in [0, 0.1) is 5.82 Å². The molecule has 1 aliphatic heterocycles. The van der Waals surface area contributed by atoms with E-state index in [1.165, 1.54) is 16.6 Å². The minimum atomic E-state index is -3.25. The summed E-state index contributed by atoms with van der Waals surface area (Å²) in [6, 6.07) is 11.6. The van der Waals surface area contributed by atoms with Crippen LogP contribution in [0.5, 0.6) is 0 Å². The van der Waals surface area contributed by atoms with Crippen LogP contribution in [0.2, 0.25) is 0 Å². The first-order chi connectivity index (χ1) is 11.8. The van der Waals surface area contributed by atoms with Gasteiger partial charge in [0.05, 0.1) is 12.7 Å². The average Bonchev–Trinajstić information content (AvgIpc) is 2.55. The summed E-state index contributed by atoms with van der Waals surface area (Å²) in [7, 11) is -3.25. The molecule has 25 heavy (non-hydrogen) atoms. The molecule has 2 aromatic rings. The van der Waals surface area contributed by atoms with E-state index in [0.29, 0.717) is 30.8 Å². The van der Waals surface area contributed by atoms with Crippen molar-refractivity contribution in [3.05, 3.63) is 65.0 Å². The molecule has 3 rings (SSSR count). The van der Waals surface area contributed by atoms with Crippen LogP contribution >= 0.6 is 0 Å². The molecule has 132 valence electrons. The van der Waals surface area contributed by atoms with Gasteiger partial charge < -0.3 is 5.32 Å². The van der Waals surface area contributed by atoms with Crippen molar-refractivity contribution in [2.75, 3.05) is 18.1 Å². The zero-order valence-electron chi connectivity index (χ0n) is 13.8. The Balaban J connectivity index is 1.72. The molecule has 0 spiro atoms. The van der Waals surface area contributed by atoms with Gasteiger partial charge in [0.2, 0.25) is 15.9 Å². The first-order valence-corrected chi connectivity index (χ1v) is 9.78. The van der Waals surface area contributed by atoms with Gasteiger partial charge in [-0.15, -0.1) is 0 Å². The second-order valence-electron chi connectivity index (χ2n) is 6.15. The lowest BCUT2D eigenvalue weighted by molar-refractivity contribution is -0.115. The predicted octanol–water partition coefficient (Wildman–Crippen LogP) is 2.32. The fourth-order valence-electron chi connectivity index (χ4n) is 2.91. The van der Waals surface area contributed by atoms with Crippen LogP contribution in [0.1, 0.15) is 16.7 Å². The molecule has 0 bridgehead atoms. The first kappa shape index (κ1) is 17.6. The maximum atomic E-state index is 13.6. The van der Waals surface area contributed by atoms with Crippen LogP contribution in [0.15, 0.2) is 42.5 Å². The minimum absolute atomic E-state index is 0.0563. The lowest BCUT2D eigenvalue weighted by Crippen LogP contribution is -2.35. The van der Waals surface area contributed by atoms with Crippen LogP contribution < -0.4 is 5.32 Å². The zero-order valence-corrected chi connectivity index (χ0v) is 14.6. The number of nitrogens with one attached hydrogen (secondary N) is 1. The molecule has 0 radical (unpaired) electrons. The Kier molecular flexibility index (Phi) is 4.87. The summed E-state index contributed by atoms with van der Waals surface area (Å²) in [6.45, 7) is 0.760. The van der Waals surface area contributed by atoms with Gasteiger partial charge >= 0.3 is 0 Å². The Labute approximate surface area is 146 Å². The minimum Gasteiger partial charge on any atom is -0.326 e. The fraction of sp³-hybridized carbons (Fsp3) is 0.278. The smallest absolute Gasteiger partial charge is 0.228 e. The number of anilines is 1. The second-order valence-corrected chi connectivity index (χ2v) is 8.13. The summed E-state index contributed by atoms with van der Waals surface area (Å²) >= 11 is 0. The van der Waals surface area contributed by atoms with E-state index in [4.69, 9.17) is 0 Å². The van der Waals surface area contributed by atoms with Crippen LogP contribution in [0.4, 0.5) is 10.1 Å². The molecular formula is C18H19FN2O3S. The van der Waals surface area contributed by atoms with E-state index in [-0.39, 0.29) is 12.3 Å². The third kappa shape index (κ3) is 4.24. The van der Waals surface area contributed by atoms with Crippen LogP contribution in [0.3, 0.4) is 0 Å². The molecule has 0 saturated carbocycles. The van der Waals surface area contributed by atoms with Gasteiger partial charge in [0.25, 0.3) is 0 Å². The van der Waals surface area contributed by atoms with E-state index in [2.05, 4.69) is 5.32 Å². The van der Waals surface area contributed by atoms with Gasteiger partial charge in [-0.3, -0.25) is 4.79 Å². The van der Waals surface area contributed by atoms with Gasteiger partial charge in [0.1, 0.15) is 5.82 Å². The molecule has 0 aromatic heterocycles. The van der Waals surface area contributed by atoms with Gasteiger partial charge in [-0.25, -0.2) is 12.8 Å². The van der Waals surface area contributed by atoms with Gasteiger partial charge in [-0.2, -0.15) is 4.31 Å². The number of hydrogen-bond donors (Lipinski definition) is 1. The molecule has 5 nitrogen and oxygen atoms in total. The number of carbonyl (C=O) groups excluding carboxylic acids is 1. The number of rotatable bonds is 4. The average molecular weight is 362 g/mol. The van der Waals surface area contributed by atoms with E-state index in [1.807, 2.05) is 6.07 Å². The molecule has 2 aromatic carbocycles. The number of hydrogen-bond acceptors (Lipinski definition) is 3. The Bertz CT molecular complexity index is 912. The van der Waals surface area contributed by atoms with Crippen LogP contribution in [-0.4, -0.2) is 31.4 Å². The van der Waals surface area contributed by atoms with Crippen molar-refractivity contribution < 1.29 is 17.6 Å². The van der Waals surface area contributed by atoms with Crippen molar-refractivity contribution in [1.82, 2.24) is 4.31 Å². The van der Waals surface area contributed by atoms with Crippen molar-refractivity contribution in [3.63, 3.8) is 0 Å². The molecule has 1 N–H and O–H groups in total. The fourth-order valence-corrected chi connectivity index (χ4v) is 3.71. The van der Waals surface area contributed by atoms with Crippen LogP contribution in [-0.2, 0) is 34.2 Å². The summed E-state index contributed by atoms with van der Waals surface area (Å²) in [5.41, 5.74) is 2.86. The molecule has 7 heteroatoms. The highest BCUT2D eigenvalue weighted by molar-refractivity contribution is 7.88. The molecule has 0 saturated heterocycles. The zero-order chi connectivity index (χ0) is 18.0. The second kappa shape index (κ2) is 6.93. The van der Waals surface area contributed by atoms with Gasteiger partial charge in [0.15, 0.2) is 0 Å².